The monoisotopic (exact) mass is 430 g/mol. The summed E-state index contributed by atoms with van der Waals surface area (Å²) in [4.78, 5) is 11.6. The summed E-state index contributed by atoms with van der Waals surface area (Å²) in [6, 6.07) is 32.6. The Kier molecular flexibility index (Phi) is 4.23. The van der Waals surface area contributed by atoms with Crippen LogP contribution in [0.25, 0.3) is 43.6 Å². The molecule has 5 heteroatoms. The van der Waals surface area contributed by atoms with Gasteiger partial charge in [-0.15, -0.1) is 0 Å². The highest BCUT2D eigenvalue weighted by molar-refractivity contribution is 7.80. The van der Waals surface area contributed by atoms with Crippen molar-refractivity contribution >= 4 is 72.3 Å². The first-order valence-electron chi connectivity index (χ1n) is 10.4. The number of hydrogen-bond acceptors (Lipinski definition) is 3. The van der Waals surface area contributed by atoms with Crippen molar-refractivity contribution in [1.82, 2.24) is 9.97 Å². The number of nitrogens with zero attached hydrogens (tertiary/aromatic N) is 3. The molecule has 0 aliphatic rings. The Morgan fingerprint density at radius 3 is 1.50 bits per heavy atom. The minimum atomic E-state index is 0.270. The van der Waals surface area contributed by atoms with E-state index in [9.17, 15) is 0 Å². The van der Waals surface area contributed by atoms with E-state index in [1.807, 2.05) is 77.7 Å². The fourth-order valence-electron chi connectivity index (χ4n) is 4.32. The molecular weight excluding hydrogens is 412 g/mol. The maximum atomic E-state index is 6.32. The van der Waals surface area contributed by atoms with Gasteiger partial charge in [0.25, 0.3) is 0 Å². The van der Waals surface area contributed by atoms with Crippen LogP contribution in [0.5, 0.6) is 0 Å². The van der Waals surface area contributed by atoms with Crippen molar-refractivity contribution in [2.24, 2.45) is 5.73 Å². The predicted octanol–water partition coefficient (Wildman–Crippen LogP) is 6.47. The first kappa shape index (κ1) is 18.7. The van der Waals surface area contributed by atoms with Gasteiger partial charge < -0.3 is 5.73 Å². The van der Waals surface area contributed by atoms with Gasteiger partial charge in [0, 0.05) is 21.5 Å². The van der Waals surface area contributed by atoms with Gasteiger partial charge in [-0.3, -0.25) is 4.90 Å². The Balaban J connectivity index is 1.65. The fraction of sp³-hybridized carbons (Fsp3) is 0. The fourth-order valence-corrected chi connectivity index (χ4v) is 4.52. The number of benzene rings is 4. The van der Waals surface area contributed by atoms with Crippen LogP contribution in [0.15, 0.2) is 97.1 Å². The zero-order valence-electron chi connectivity index (χ0n) is 17.1. The third kappa shape index (κ3) is 2.94. The van der Waals surface area contributed by atoms with Gasteiger partial charge >= 0.3 is 0 Å². The highest BCUT2D eigenvalue weighted by atomic mass is 32.1. The van der Waals surface area contributed by atoms with E-state index in [2.05, 4.69) is 24.3 Å². The van der Waals surface area contributed by atoms with Gasteiger partial charge in [0.05, 0.1) is 33.4 Å². The maximum absolute atomic E-state index is 6.32. The maximum Gasteiger partial charge on any atom is 0.175 e. The lowest BCUT2D eigenvalue weighted by Crippen LogP contribution is -2.31. The largest absolute Gasteiger partial charge is 0.376 e. The summed E-state index contributed by atoms with van der Waals surface area (Å²) in [5, 5.41) is 4.39. The molecule has 0 radical (unpaired) electrons. The van der Waals surface area contributed by atoms with Crippen LogP contribution < -0.4 is 10.6 Å². The van der Waals surface area contributed by atoms with Crippen molar-refractivity contribution in [1.29, 1.82) is 0 Å². The van der Waals surface area contributed by atoms with Crippen molar-refractivity contribution < 1.29 is 0 Å². The van der Waals surface area contributed by atoms with Crippen molar-refractivity contribution in [2.45, 2.75) is 0 Å². The molecule has 2 aromatic heterocycles. The lowest BCUT2D eigenvalue weighted by atomic mass is 10.1. The number of para-hydroxylation sites is 2. The molecule has 6 rings (SSSR count). The quantitative estimate of drug-likeness (QED) is 0.252. The molecule has 32 heavy (non-hydrogen) atoms. The first-order chi connectivity index (χ1) is 15.7. The van der Waals surface area contributed by atoms with Gasteiger partial charge in [-0.2, -0.15) is 0 Å². The summed E-state index contributed by atoms with van der Waals surface area (Å²) < 4.78 is 0. The summed E-state index contributed by atoms with van der Waals surface area (Å²) >= 11 is 5.56. The summed E-state index contributed by atoms with van der Waals surface area (Å²) in [6.07, 6.45) is 0. The molecule has 0 aliphatic carbocycles. The minimum absolute atomic E-state index is 0.270. The van der Waals surface area contributed by atoms with E-state index in [-0.39, 0.29) is 5.11 Å². The number of nitrogens with two attached hydrogens (primary N) is 1. The third-order valence-corrected chi connectivity index (χ3v) is 5.96. The molecule has 0 saturated carbocycles. The molecule has 2 N–H and O–H groups in total. The molecule has 0 fully saturated rings. The Bertz CT molecular complexity index is 1560. The van der Waals surface area contributed by atoms with Gasteiger partial charge in [0.1, 0.15) is 0 Å². The zero-order valence-corrected chi connectivity index (χ0v) is 17.9. The van der Waals surface area contributed by atoms with Crippen LogP contribution in [0.4, 0.5) is 11.4 Å². The lowest BCUT2D eigenvalue weighted by molar-refractivity contribution is 1.36. The Morgan fingerprint density at radius 2 is 1.03 bits per heavy atom. The van der Waals surface area contributed by atoms with Gasteiger partial charge in [0.2, 0.25) is 0 Å². The second kappa shape index (κ2) is 7.25. The standard InChI is InChI=1S/C27H18N4S/c28-27(32)31(25-13-5-11-23-19(25)15-17-7-1-3-9-21(17)29-23)26-14-6-12-24-20(26)16-18-8-2-4-10-22(18)30-24/h1-16H,(H2,28,32). The molecule has 0 atom stereocenters. The zero-order chi connectivity index (χ0) is 21.7. The number of rotatable bonds is 2. The number of thiocarbonyl (C=S) groups is 1. The molecule has 152 valence electrons. The van der Waals surface area contributed by atoms with Crippen LogP contribution in [0.2, 0.25) is 0 Å². The molecule has 2 heterocycles. The number of pyridine rings is 2. The Labute approximate surface area is 189 Å². The molecule has 6 aromatic rings. The van der Waals surface area contributed by atoms with E-state index in [0.29, 0.717) is 0 Å². The molecular formula is C27H18N4S. The smallest absolute Gasteiger partial charge is 0.175 e. The number of hydrogen-bond donors (Lipinski definition) is 1. The Hall–Kier alpha value is -4.09. The summed E-state index contributed by atoms with van der Waals surface area (Å²) in [5.41, 5.74) is 11.8. The van der Waals surface area contributed by atoms with Crippen LogP contribution in [-0.4, -0.2) is 15.1 Å². The second-order valence-corrected chi connectivity index (χ2v) is 8.14. The average Bonchev–Trinajstić information content (AvgIpc) is 2.82. The topological polar surface area (TPSA) is 55.0 Å². The van der Waals surface area contributed by atoms with E-state index in [4.69, 9.17) is 27.9 Å². The highest BCUT2D eigenvalue weighted by Crippen LogP contribution is 2.37. The first-order valence-corrected chi connectivity index (χ1v) is 10.8. The highest BCUT2D eigenvalue weighted by Gasteiger charge is 2.19. The molecule has 0 unspecified atom stereocenters. The second-order valence-electron chi connectivity index (χ2n) is 7.72. The van der Waals surface area contributed by atoms with Gasteiger partial charge in [-0.1, -0.05) is 48.5 Å². The van der Waals surface area contributed by atoms with Crippen molar-refractivity contribution in [2.75, 3.05) is 4.90 Å². The van der Waals surface area contributed by atoms with E-state index in [1.54, 1.807) is 0 Å². The minimum Gasteiger partial charge on any atom is -0.376 e. The molecule has 4 nitrogen and oxygen atoms in total. The van der Waals surface area contributed by atoms with Crippen LogP contribution >= 0.6 is 12.2 Å². The van der Waals surface area contributed by atoms with Gasteiger partial charge in [-0.25, -0.2) is 9.97 Å². The van der Waals surface area contributed by atoms with Crippen LogP contribution in [0, 0.1) is 0 Å². The molecule has 0 saturated heterocycles. The van der Waals surface area contributed by atoms with Gasteiger partial charge in [0.15, 0.2) is 5.11 Å². The molecule has 4 aromatic carbocycles. The number of fused-ring (bicyclic) bond motifs is 4. The van der Waals surface area contributed by atoms with E-state index >= 15 is 0 Å². The molecule has 0 bridgehead atoms. The normalized spacial score (nSPS) is 11.4. The Morgan fingerprint density at radius 1 is 0.594 bits per heavy atom. The van der Waals surface area contributed by atoms with Crippen molar-refractivity contribution in [3.63, 3.8) is 0 Å². The van der Waals surface area contributed by atoms with Crippen molar-refractivity contribution in [3.05, 3.63) is 97.1 Å². The summed E-state index contributed by atoms with van der Waals surface area (Å²) in [6.45, 7) is 0. The van der Waals surface area contributed by atoms with Gasteiger partial charge in [-0.05, 0) is 60.7 Å². The van der Waals surface area contributed by atoms with E-state index < -0.39 is 0 Å². The summed E-state index contributed by atoms with van der Waals surface area (Å²) in [7, 11) is 0. The number of anilines is 2. The van der Waals surface area contributed by atoms with Crippen LogP contribution in [-0.2, 0) is 0 Å². The average molecular weight is 431 g/mol. The van der Waals surface area contributed by atoms with E-state index in [0.717, 1.165) is 55.0 Å². The SMILES string of the molecule is NC(=S)N(c1cccc2nc3ccccc3cc12)c1cccc2nc3ccccc3cc12. The van der Waals surface area contributed by atoms with Crippen LogP contribution in [0.1, 0.15) is 0 Å². The lowest BCUT2D eigenvalue weighted by Gasteiger charge is -2.26. The van der Waals surface area contributed by atoms with Crippen LogP contribution in [0.3, 0.4) is 0 Å². The van der Waals surface area contributed by atoms with Crippen molar-refractivity contribution in [3.8, 4) is 0 Å². The molecule has 0 aliphatic heterocycles. The molecule has 0 amide bonds. The molecule has 0 spiro atoms. The third-order valence-electron chi connectivity index (χ3n) is 5.78. The summed E-state index contributed by atoms with van der Waals surface area (Å²) in [5.74, 6) is 0. The predicted molar refractivity (Wildman–Crippen MR) is 137 cm³/mol. The number of aromatic nitrogens is 2. The van der Waals surface area contributed by atoms with E-state index in [1.165, 1.54) is 0 Å².